The molecular formula is C23H31ClN4O3S. The van der Waals surface area contributed by atoms with Crippen LogP contribution in [0.2, 0.25) is 5.02 Å². The van der Waals surface area contributed by atoms with Gasteiger partial charge in [-0.2, -0.15) is 4.31 Å². The molecule has 7 nitrogen and oxygen atoms in total. The first-order valence-electron chi connectivity index (χ1n) is 10.9. The van der Waals surface area contributed by atoms with E-state index in [1.54, 1.807) is 29.2 Å². The molecular weight excluding hydrogens is 448 g/mol. The Morgan fingerprint density at radius 3 is 2.19 bits per heavy atom. The monoisotopic (exact) mass is 478 g/mol. The second-order valence-corrected chi connectivity index (χ2v) is 10.1. The van der Waals surface area contributed by atoms with Crippen molar-refractivity contribution >= 4 is 33.3 Å². The van der Waals surface area contributed by atoms with Gasteiger partial charge in [-0.25, -0.2) is 13.2 Å². The molecule has 0 aromatic heterocycles. The van der Waals surface area contributed by atoms with Gasteiger partial charge in [-0.15, -0.1) is 0 Å². The van der Waals surface area contributed by atoms with Crippen molar-refractivity contribution in [3.63, 3.8) is 0 Å². The third kappa shape index (κ3) is 5.36. The molecule has 0 spiro atoms. The summed E-state index contributed by atoms with van der Waals surface area (Å²) in [6.07, 6.45) is 0. The van der Waals surface area contributed by atoms with Gasteiger partial charge in [0.2, 0.25) is 10.0 Å². The zero-order valence-corrected chi connectivity index (χ0v) is 20.4. The Kier molecular flexibility index (Phi) is 8.03. The minimum Gasteiger partial charge on any atom is -0.367 e. The van der Waals surface area contributed by atoms with Gasteiger partial charge in [-0.1, -0.05) is 49.7 Å². The number of benzene rings is 2. The van der Waals surface area contributed by atoms with Crippen LogP contribution >= 0.6 is 11.6 Å². The average Bonchev–Trinajstić information content (AvgIpc) is 2.80. The van der Waals surface area contributed by atoms with Crippen molar-refractivity contribution in [1.82, 2.24) is 14.5 Å². The lowest BCUT2D eigenvalue weighted by atomic mass is 10.1. The molecule has 1 N–H and O–H groups in total. The SMILES string of the molecule is CCN(CC)S(=O)(=O)c1ccc([C@H](C)NC(=O)N2CCN(c3ccccc3Cl)CC2)cc1. The van der Waals surface area contributed by atoms with Gasteiger partial charge >= 0.3 is 6.03 Å². The predicted molar refractivity (Wildman–Crippen MR) is 129 cm³/mol. The van der Waals surface area contributed by atoms with Crippen molar-refractivity contribution in [3.8, 4) is 0 Å². The number of nitrogens with zero attached hydrogens (tertiary/aromatic N) is 3. The van der Waals surface area contributed by atoms with E-state index < -0.39 is 10.0 Å². The van der Waals surface area contributed by atoms with Crippen molar-refractivity contribution in [1.29, 1.82) is 0 Å². The minimum absolute atomic E-state index is 0.129. The Labute approximate surface area is 196 Å². The van der Waals surface area contributed by atoms with Crippen LogP contribution in [0.1, 0.15) is 32.4 Å². The van der Waals surface area contributed by atoms with Gasteiger partial charge in [0.25, 0.3) is 0 Å². The molecule has 1 fully saturated rings. The summed E-state index contributed by atoms with van der Waals surface area (Å²) in [4.78, 5) is 17.0. The maximum atomic E-state index is 12.8. The molecule has 0 radical (unpaired) electrons. The molecule has 174 valence electrons. The van der Waals surface area contributed by atoms with Crippen LogP contribution in [0.4, 0.5) is 10.5 Å². The molecule has 1 aliphatic rings. The minimum atomic E-state index is -3.49. The van der Waals surface area contributed by atoms with E-state index in [2.05, 4.69) is 10.2 Å². The standard InChI is InChI=1S/C23H31ClN4O3S/c1-4-28(5-2)32(30,31)20-12-10-19(11-13-20)18(3)25-23(29)27-16-14-26(15-17-27)22-9-7-6-8-21(22)24/h6-13,18H,4-5,14-17H2,1-3H3,(H,25,29)/t18-/m0/s1. The molecule has 1 saturated heterocycles. The van der Waals surface area contributed by atoms with Crippen LogP contribution in [0.25, 0.3) is 0 Å². The maximum absolute atomic E-state index is 12.8. The fourth-order valence-corrected chi connectivity index (χ4v) is 5.57. The molecule has 0 saturated carbocycles. The van der Waals surface area contributed by atoms with E-state index in [1.165, 1.54) is 4.31 Å². The Hall–Kier alpha value is -2.29. The zero-order valence-electron chi connectivity index (χ0n) is 18.8. The molecule has 1 atom stereocenters. The smallest absolute Gasteiger partial charge is 0.317 e. The fraction of sp³-hybridized carbons (Fsp3) is 0.435. The lowest BCUT2D eigenvalue weighted by Crippen LogP contribution is -2.52. The number of halogens is 1. The average molecular weight is 479 g/mol. The van der Waals surface area contributed by atoms with Crippen LogP contribution in [-0.4, -0.2) is 62.9 Å². The van der Waals surface area contributed by atoms with Crippen LogP contribution in [0.15, 0.2) is 53.4 Å². The van der Waals surface area contributed by atoms with Crippen LogP contribution in [0.3, 0.4) is 0 Å². The molecule has 1 aliphatic heterocycles. The molecule has 2 amide bonds. The first-order chi connectivity index (χ1) is 15.3. The Morgan fingerprint density at radius 1 is 1.03 bits per heavy atom. The van der Waals surface area contributed by atoms with Crippen molar-refractivity contribution in [2.24, 2.45) is 0 Å². The first-order valence-corrected chi connectivity index (χ1v) is 12.7. The van der Waals surface area contributed by atoms with Crippen molar-refractivity contribution in [2.45, 2.75) is 31.7 Å². The molecule has 1 heterocycles. The number of nitrogens with one attached hydrogen (secondary N) is 1. The van der Waals surface area contributed by atoms with E-state index in [9.17, 15) is 13.2 Å². The van der Waals surface area contributed by atoms with Gasteiger partial charge in [0.15, 0.2) is 0 Å². The van der Waals surface area contributed by atoms with E-state index in [-0.39, 0.29) is 17.0 Å². The van der Waals surface area contributed by atoms with Crippen LogP contribution in [0, 0.1) is 0 Å². The maximum Gasteiger partial charge on any atom is 0.317 e. The predicted octanol–water partition coefficient (Wildman–Crippen LogP) is 3.96. The van der Waals surface area contributed by atoms with Crippen LogP contribution < -0.4 is 10.2 Å². The number of sulfonamides is 1. The highest BCUT2D eigenvalue weighted by atomic mass is 35.5. The van der Waals surface area contributed by atoms with Crippen molar-refractivity contribution in [2.75, 3.05) is 44.2 Å². The van der Waals surface area contributed by atoms with E-state index in [4.69, 9.17) is 11.6 Å². The van der Waals surface area contributed by atoms with Gasteiger partial charge in [0.1, 0.15) is 0 Å². The Balaban J connectivity index is 1.57. The summed E-state index contributed by atoms with van der Waals surface area (Å²) in [5, 5.41) is 3.73. The topological polar surface area (TPSA) is 73.0 Å². The molecule has 32 heavy (non-hydrogen) atoms. The molecule has 2 aromatic carbocycles. The van der Waals surface area contributed by atoms with Crippen molar-refractivity contribution < 1.29 is 13.2 Å². The number of amides is 2. The lowest BCUT2D eigenvalue weighted by molar-refractivity contribution is 0.191. The zero-order chi connectivity index (χ0) is 23.3. The number of piperazine rings is 1. The molecule has 0 aliphatic carbocycles. The van der Waals surface area contributed by atoms with Gasteiger partial charge < -0.3 is 15.1 Å². The second-order valence-electron chi connectivity index (χ2n) is 7.76. The number of carbonyl (C=O) groups excluding carboxylic acids is 1. The number of hydrogen-bond donors (Lipinski definition) is 1. The highest BCUT2D eigenvalue weighted by Gasteiger charge is 2.24. The number of carbonyl (C=O) groups is 1. The summed E-state index contributed by atoms with van der Waals surface area (Å²) in [6, 6.07) is 14.1. The van der Waals surface area contributed by atoms with Crippen molar-refractivity contribution in [3.05, 3.63) is 59.1 Å². The second kappa shape index (κ2) is 10.6. The summed E-state index contributed by atoms with van der Waals surface area (Å²) >= 11 is 6.29. The van der Waals surface area contributed by atoms with Gasteiger partial charge in [-0.3, -0.25) is 0 Å². The third-order valence-corrected chi connectivity index (χ3v) is 8.21. The normalized spacial score (nSPS) is 15.7. The summed E-state index contributed by atoms with van der Waals surface area (Å²) in [5.41, 5.74) is 1.84. The fourth-order valence-electron chi connectivity index (χ4n) is 3.86. The van der Waals surface area contributed by atoms with Gasteiger partial charge in [0, 0.05) is 39.3 Å². The lowest BCUT2D eigenvalue weighted by Gasteiger charge is -2.37. The number of anilines is 1. The first kappa shape index (κ1) is 24.4. The van der Waals surface area contributed by atoms with E-state index >= 15 is 0 Å². The number of urea groups is 1. The quantitative estimate of drug-likeness (QED) is 0.653. The molecule has 2 aromatic rings. The molecule has 3 rings (SSSR count). The largest absolute Gasteiger partial charge is 0.367 e. The highest BCUT2D eigenvalue weighted by Crippen LogP contribution is 2.26. The van der Waals surface area contributed by atoms with Gasteiger partial charge in [-0.05, 0) is 36.8 Å². The van der Waals surface area contributed by atoms with Gasteiger partial charge in [0.05, 0.1) is 21.6 Å². The summed E-state index contributed by atoms with van der Waals surface area (Å²) in [6.45, 7) is 9.02. The number of para-hydroxylation sites is 1. The molecule has 0 unspecified atom stereocenters. The number of hydrogen-bond acceptors (Lipinski definition) is 4. The van der Waals surface area contributed by atoms with Crippen LogP contribution in [-0.2, 0) is 10.0 Å². The Morgan fingerprint density at radius 2 is 1.62 bits per heavy atom. The van der Waals surface area contributed by atoms with Crippen LogP contribution in [0.5, 0.6) is 0 Å². The van der Waals surface area contributed by atoms with E-state index in [1.807, 2.05) is 45.0 Å². The van der Waals surface area contributed by atoms with E-state index in [0.717, 1.165) is 11.3 Å². The Bertz CT molecular complexity index is 1020. The highest BCUT2D eigenvalue weighted by molar-refractivity contribution is 7.89. The molecule has 9 heteroatoms. The van der Waals surface area contributed by atoms with E-state index in [0.29, 0.717) is 44.3 Å². The molecule has 0 bridgehead atoms. The third-order valence-electron chi connectivity index (χ3n) is 5.82. The summed E-state index contributed by atoms with van der Waals surface area (Å²) in [5.74, 6) is 0. The summed E-state index contributed by atoms with van der Waals surface area (Å²) < 4.78 is 26.7. The number of rotatable bonds is 7. The summed E-state index contributed by atoms with van der Waals surface area (Å²) in [7, 11) is -3.49.